The molecule has 0 spiro atoms. The number of carbonyl (C=O) groups excluding carboxylic acids is 1. The summed E-state index contributed by atoms with van der Waals surface area (Å²) >= 11 is 0. The van der Waals surface area contributed by atoms with Crippen molar-refractivity contribution in [1.29, 1.82) is 0 Å². The summed E-state index contributed by atoms with van der Waals surface area (Å²) in [4.78, 5) is 15.9. The van der Waals surface area contributed by atoms with Crippen LogP contribution in [0.15, 0.2) is 42.6 Å². The molecule has 0 bridgehead atoms. The molecule has 1 aromatic carbocycles. The minimum absolute atomic E-state index is 0.191. The number of aromatic nitrogens is 1. The van der Waals surface area contributed by atoms with Crippen molar-refractivity contribution in [3.63, 3.8) is 0 Å². The van der Waals surface area contributed by atoms with E-state index in [0.717, 1.165) is 5.56 Å². The number of nitrogen functional groups attached to an aromatic ring is 1. The predicted octanol–water partition coefficient (Wildman–Crippen LogP) is 2.29. The van der Waals surface area contributed by atoms with Crippen LogP contribution >= 0.6 is 0 Å². The average molecular weight is 259 g/mol. The molecule has 1 atom stereocenters. The number of hydrogen-bond acceptors (Lipinski definition) is 3. The number of benzene rings is 1. The van der Waals surface area contributed by atoms with Crippen LogP contribution in [0.5, 0.6) is 0 Å². The van der Waals surface area contributed by atoms with Crippen molar-refractivity contribution in [1.82, 2.24) is 10.3 Å². The van der Waals surface area contributed by atoms with Gasteiger partial charge in [0, 0.05) is 6.20 Å². The number of hydrogen-bond donors (Lipinski definition) is 2. The summed E-state index contributed by atoms with van der Waals surface area (Å²) in [7, 11) is 0. The Morgan fingerprint density at radius 2 is 2.00 bits per heavy atom. The first kappa shape index (κ1) is 13.0. The third kappa shape index (κ3) is 3.07. The number of halogens is 1. The lowest BCUT2D eigenvalue weighted by atomic mass is 10.1. The number of nitrogens with two attached hydrogens (primary N) is 1. The molecule has 19 heavy (non-hydrogen) atoms. The van der Waals surface area contributed by atoms with Gasteiger partial charge in [0.1, 0.15) is 5.82 Å². The second-order valence-electron chi connectivity index (χ2n) is 4.19. The minimum Gasteiger partial charge on any atom is -0.397 e. The van der Waals surface area contributed by atoms with Gasteiger partial charge in [0.05, 0.1) is 11.7 Å². The van der Waals surface area contributed by atoms with Crippen LogP contribution in [0.4, 0.5) is 10.1 Å². The van der Waals surface area contributed by atoms with Crippen molar-refractivity contribution in [2.45, 2.75) is 13.0 Å². The van der Waals surface area contributed by atoms with E-state index in [-0.39, 0.29) is 23.5 Å². The highest BCUT2D eigenvalue weighted by molar-refractivity contribution is 5.97. The molecule has 2 rings (SSSR count). The highest BCUT2D eigenvalue weighted by Gasteiger charge is 2.14. The van der Waals surface area contributed by atoms with E-state index in [2.05, 4.69) is 10.3 Å². The van der Waals surface area contributed by atoms with Crippen LogP contribution in [-0.4, -0.2) is 10.9 Å². The Bertz CT molecular complexity index is 583. The van der Waals surface area contributed by atoms with Gasteiger partial charge in [0.25, 0.3) is 5.91 Å². The molecule has 0 fully saturated rings. The van der Waals surface area contributed by atoms with Crippen molar-refractivity contribution in [3.8, 4) is 0 Å². The van der Waals surface area contributed by atoms with E-state index in [9.17, 15) is 9.18 Å². The predicted molar refractivity (Wildman–Crippen MR) is 70.9 cm³/mol. The maximum atomic E-state index is 12.8. The first-order valence-corrected chi connectivity index (χ1v) is 5.84. The van der Waals surface area contributed by atoms with Crippen molar-refractivity contribution >= 4 is 11.6 Å². The number of anilines is 1. The van der Waals surface area contributed by atoms with Gasteiger partial charge in [-0.15, -0.1) is 0 Å². The topological polar surface area (TPSA) is 68.0 Å². The number of rotatable bonds is 3. The van der Waals surface area contributed by atoms with Crippen LogP contribution < -0.4 is 11.1 Å². The Balaban J connectivity index is 2.11. The van der Waals surface area contributed by atoms with Crippen molar-refractivity contribution in [2.75, 3.05) is 5.73 Å². The zero-order chi connectivity index (χ0) is 13.8. The third-order valence-electron chi connectivity index (χ3n) is 2.77. The number of amides is 1. The van der Waals surface area contributed by atoms with Crippen LogP contribution in [0.1, 0.15) is 29.0 Å². The maximum absolute atomic E-state index is 12.8. The molecule has 0 radical (unpaired) electrons. The molecule has 0 saturated carbocycles. The summed E-state index contributed by atoms with van der Waals surface area (Å²) in [6.07, 6.45) is 1.51. The van der Waals surface area contributed by atoms with Gasteiger partial charge in [-0.1, -0.05) is 12.1 Å². The third-order valence-corrected chi connectivity index (χ3v) is 2.77. The summed E-state index contributed by atoms with van der Waals surface area (Å²) in [6, 6.07) is 8.99. The van der Waals surface area contributed by atoms with E-state index >= 15 is 0 Å². The van der Waals surface area contributed by atoms with Crippen LogP contribution in [0.25, 0.3) is 0 Å². The largest absolute Gasteiger partial charge is 0.397 e. The summed E-state index contributed by atoms with van der Waals surface area (Å²) < 4.78 is 12.8. The van der Waals surface area contributed by atoms with Gasteiger partial charge in [-0.05, 0) is 36.8 Å². The molecule has 4 nitrogen and oxygen atoms in total. The summed E-state index contributed by atoms with van der Waals surface area (Å²) in [5.41, 5.74) is 7.01. The molecule has 98 valence electrons. The van der Waals surface area contributed by atoms with Crippen LogP contribution in [0.2, 0.25) is 0 Å². The molecule has 0 unspecified atom stereocenters. The Morgan fingerprint density at radius 3 is 2.63 bits per heavy atom. The van der Waals surface area contributed by atoms with Gasteiger partial charge < -0.3 is 11.1 Å². The van der Waals surface area contributed by atoms with Gasteiger partial charge in [0.2, 0.25) is 0 Å². The number of pyridine rings is 1. The van der Waals surface area contributed by atoms with E-state index in [1.54, 1.807) is 24.3 Å². The fraction of sp³-hybridized carbons (Fsp3) is 0.143. The molecule has 0 aliphatic rings. The lowest BCUT2D eigenvalue weighted by Crippen LogP contribution is -2.28. The molecule has 0 saturated heterocycles. The fourth-order valence-corrected chi connectivity index (χ4v) is 1.71. The molecule has 1 amide bonds. The standard InChI is InChI=1S/C14H14FN3O/c1-9(10-4-6-11(15)7-5-10)18-14(19)13-12(16)3-2-8-17-13/h2-9H,16H2,1H3,(H,18,19)/t9-/m0/s1. The van der Waals surface area contributed by atoms with E-state index < -0.39 is 0 Å². The highest BCUT2D eigenvalue weighted by Crippen LogP contribution is 2.14. The van der Waals surface area contributed by atoms with Crippen molar-refractivity contribution in [3.05, 3.63) is 59.7 Å². The quantitative estimate of drug-likeness (QED) is 0.888. The van der Waals surface area contributed by atoms with Crippen LogP contribution in [0, 0.1) is 5.82 Å². The van der Waals surface area contributed by atoms with E-state index in [1.807, 2.05) is 6.92 Å². The van der Waals surface area contributed by atoms with Crippen LogP contribution in [0.3, 0.4) is 0 Å². The summed E-state index contributed by atoms with van der Waals surface area (Å²) in [5.74, 6) is -0.661. The van der Waals surface area contributed by atoms with Crippen molar-refractivity contribution < 1.29 is 9.18 Å². The van der Waals surface area contributed by atoms with Gasteiger partial charge in [0.15, 0.2) is 5.69 Å². The fourth-order valence-electron chi connectivity index (χ4n) is 1.71. The number of carbonyl (C=O) groups is 1. The van der Waals surface area contributed by atoms with Crippen LogP contribution in [-0.2, 0) is 0 Å². The Hall–Kier alpha value is -2.43. The molecular weight excluding hydrogens is 245 g/mol. The first-order chi connectivity index (χ1) is 9.08. The molecule has 1 aromatic heterocycles. The maximum Gasteiger partial charge on any atom is 0.272 e. The molecule has 2 aromatic rings. The lowest BCUT2D eigenvalue weighted by Gasteiger charge is -2.14. The summed E-state index contributed by atoms with van der Waals surface area (Å²) in [6.45, 7) is 1.81. The molecular formula is C14H14FN3O. The second kappa shape index (κ2) is 5.48. The molecule has 3 N–H and O–H groups in total. The normalized spacial score (nSPS) is 11.9. The smallest absolute Gasteiger partial charge is 0.272 e. The Kier molecular flexibility index (Phi) is 3.75. The highest BCUT2D eigenvalue weighted by atomic mass is 19.1. The Morgan fingerprint density at radius 1 is 1.32 bits per heavy atom. The minimum atomic E-state index is -0.352. The number of nitrogens with zero attached hydrogens (tertiary/aromatic N) is 1. The van der Waals surface area contributed by atoms with E-state index in [0.29, 0.717) is 5.69 Å². The molecule has 0 aliphatic heterocycles. The Labute approximate surface area is 110 Å². The zero-order valence-corrected chi connectivity index (χ0v) is 10.4. The van der Waals surface area contributed by atoms with Gasteiger partial charge >= 0.3 is 0 Å². The number of nitrogens with one attached hydrogen (secondary N) is 1. The first-order valence-electron chi connectivity index (χ1n) is 5.84. The van der Waals surface area contributed by atoms with E-state index in [4.69, 9.17) is 5.73 Å². The van der Waals surface area contributed by atoms with E-state index in [1.165, 1.54) is 18.3 Å². The van der Waals surface area contributed by atoms with Crippen molar-refractivity contribution in [2.24, 2.45) is 0 Å². The SMILES string of the molecule is C[C@H](NC(=O)c1ncccc1N)c1ccc(F)cc1. The van der Waals surface area contributed by atoms with Gasteiger partial charge in [-0.25, -0.2) is 9.37 Å². The lowest BCUT2D eigenvalue weighted by molar-refractivity contribution is 0.0936. The summed E-state index contributed by atoms with van der Waals surface area (Å²) in [5, 5.41) is 2.77. The average Bonchev–Trinajstić information content (AvgIpc) is 2.39. The molecule has 5 heteroatoms. The monoisotopic (exact) mass is 259 g/mol. The second-order valence-corrected chi connectivity index (χ2v) is 4.19. The van der Waals surface area contributed by atoms with Gasteiger partial charge in [-0.3, -0.25) is 4.79 Å². The van der Waals surface area contributed by atoms with Gasteiger partial charge in [-0.2, -0.15) is 0 Å². The zero-order valence-electron chi connectivity index (χ0n) is 10.4. The molecule has 1 heterocycles. The molecule has 0 aliphatic carbocycles.